The molecule has 1 atom stereocenters. The molecular formula is C7H17ClSi. The first-order chi connectivity index (χ1) is 3.92. The minimum atomic E-state index is -0.804. The molecule has 0 amide bonds. The summed E-state index contributed by atoms with van der Waals surface area (Å²) in [5, 5.41) is 0.372. The van der Waals surface area contributed by atoms with Gasteiger partial charge in [-0.1, -0.05) is 25.7 Å². The van der Waals surface area contributed by atoms with Crippen molar-refractivity contribution >= 4 is 19.7 Å². The van der Waals surface area contributed by atoms with Gasteiger partial charge >= 0.3 is 0 Å². The Morgan fingerprint density at radius 2 is 1.78 bits per heavy atom. The highest BCUT2D eigenvalue weighted by atomic mass is 35.5. The third-order valence-corrected chi connectivity index (χ3v) is 3.30. The molecule has 9 heavy (non-hydrogen) atoms. The monoisotopic (exact) mass is 164 g/mol. The highest BCUT2D eigenvalue weighted by molar-refractivity contribution is 6.76. The van der Waals surface area contributed by atoms with E-state index in [0.29, 0.717) is 5.38 Å². The smallest absolute Gasteiger partial charge is 0.0443 e. The summed E-state index contributed by atoms with van der Waals surface area (Å²) in [5.41, 5.74) is 0. The van der Waals surface area contributed by atoms with Crippen LogP contribution in [0.4, 0.5) is 0 Å². The fraction of sp³-hybridized carbons (Fsp3) is 1.00. The highest BCUT2D eigenvalue weighted by Gasteiger charge is 2.12. The van der Waals surface area contributed by atoms with E-state index in [1.54, 1.807) is 0 Å². The molecular weight excluding hydrogens is 148 g/mol. The van der Waals surface area contributed by atoms with Crippen molar-refractivity contribution in [2.24, 2.45) is 0 Å². The zero-order valence-corrected chi connectivity index (χ0v) is 8.63. The summed E-state index contributed by atoms with van der Waals surface area (Å²) >= 11 is 5.81. The highest BCUT2D eigenvalue weighted by Crippen LogP contribution is 2.14. The maximum atomic E-state index is 5.81. The second kappa shape index (κ2) is 3.62. The summed E-state index contributed by atoms with van der Waals surface area (Å²) < 4.78 is 0. The summed E-state index contributed by atoms with van der Waals surface area (Å²) in [6, 6.07) is 1.36. The van der Waals surface area contributed by atoms with E-state index in [0.717, 1.165) is 0 Å². The molecule has 0 aromatic carbocycles. The molecule has 0 rings (SSSR count). The number of hydrogen-bond donors (Lipinski definition) is 0. The van der Waals surface area contributed by atoms with Crippen LogP contribution in [0.15, 0.2) is 0 Å². The summed E-state index contributed by atoms with van der Waals surface area (Å²) in [6.45, 7) is 9.21. The largest absolute Gasteiger partial charge is 0.123 e. The van der Waals surface area contributed by atoms with E-state index in [-0.39, 0.29) is 0 Å². The molecule has 0 aliphatic rings. The van der Waals surface area contributed by atoms with E-state index in [2.05, 4.69) is 26.6 Å². The lowest BCUT2D eigenvalue weighted by molar-refractivity contribution is 0.877. The van der Waals surface area contributed by atoms with E-state index >= 15 is 0 Å². The number of hydrogen-bond acceptors (Lipinski definition) is 0. The Balaban J connectivity index is 3.28. The van der Waals surface area contributed by atoms with Crippen molar-refractivity contribution in [3.8, 4) is 0 Å². The van der Waals surface area contributed by atoms with Crippen LogP contribution in [0.3, 0.4) is 0 Å². The molecule has 0 saturated heterocycles. The Kier molecular flexibility index (Phi) is 3.82. The first-order valence-corrected chi connectivity index (χ1v) is 7.70. The fourth-order valence-electron chi connectivity index (χ4n) is 0.632. The minimum Gasteiger partial charge on any atom is -0.123 e. The molecule has 0 aromatic heterocycles. The Hall–Kier alpha value is 0.507. The van der Waals surface area contributed by atoms with Crippen molar-refractivity contribution < 1.29 is 0 Å². The summed E-state index contributed by atoms with van der Waals surface area (Å²) in [6.07, 6.45) is 1.19. The zero-order valence-electron chi connectivity index (χ0n) is 6.87. The van der Waals surface area contributed by atoms with Gasteiger partial charge in [-0.05, 0) is 13.3 Å². The van der Waals surface area contributed by atoms with Crippen molar-refractivity contribution in [2.45, 2.75) is 44.4 Å². The van der Waals surface area contributed by atoms with Crippen LogP contribution in [-0.2, 0) is 0 Å². The van der Waals surface area contributed by atoms with Gasteiger partial charge in [-0.15, -0.1) is 11.6 Å². The number of rotatable bonds is 3. The molecule has 0 nitrogen and oxygen atoms in total. The zero-order chi connectivity index (χ0) is 7.49. The van der Waals surface area contributed by atoms with Gasteiger partial charge in [0, 0.05) is 13.5 Å². The number of halogens is 1. The van der Waals surface area contributed by atoms with Gasteiger partial charge in [-0.2, -0.15) is 0 Å². The molecule has 0 aliphatic heterocycles. The van der Waals surface area contributed by atoms with Gasteiger partial charge in [-0.3, -0.25) is 0 Å². The minimum absolute atomic E-state index is 0.372. The maximum absolute atomic E-state index is 5.81. The lowest BCUT2D eigenvalue weighted by Crippen LogP contribution is -2.19. The van der Waals surface area contributed by atoms with E-state index in [1.165, 1.54) is 12.5 Å². The molecule has 0 N–H and O–H groups in total. The molecule has 0 spiro atoms. The first-order valence-electron chi connectivity index (χ1n) is 3.56. The van der Waals surface area contributed by atoms with Crippen molar-refractivity contribution in [1.29, 1.82) is 0 Å². The van der Waals surface area contributed by atoms with E-state index in [4.69, 9.17) is 11.6 Å². The third kappa shape index (κ3) is 8.51. The van der Waals surface area contributed by atoms with Crippen LogP contribution in [0.5, 0.6) is 0 Å². The second-order valence-corrected chi connectivity index (χ2v) is 10.2. The standard InChI is InChI=1S/C7H17ClSi/c1-7(8)5-6-9(2,3)4/h7H,5-6H2,1-4H3. The lowest BCUT2D eigenvalue weighted by Gasteiger charge is -2.15. The Morgan fingerprint density at radius 1 is 1.33 bits per heavy atom. The van der Waals surface area contributed by atoms with E-state index in [9.17, 15) is 0 Å². The molecule has 0 saturated carbocycles. The van der Waals surface area contributed by atoms with Gasteiger partial charge in [0.25, 0.3) is 0 Å². The first kappa shape index (κ1) is 9.51. The average Bonchev–Trinajstić information content (AvgIpc) is 1.59. The van der Waals surface area contributed by atoms with Crippen LogP contribution in [0, 0.1) is 0 Å². The van der Waals surface area contributed by atoms with Gasteiger partial charge in [-0.25, -0.2) is 0 Å². The summed E-state index contributed by atoms with van der Waals surface area (Å²) in [4.78, 5) is 0. The van der Waals surface area contributed by atoms with Crippen LogP contribution in [0.1, 0.15) is 13.3 Å². The topological polar surface area (TPSA) is 0 Å². The van der Waals surface area contributed by atoms with Crippen molar-refractivity contribution in [2.75, 3.05) is 0 Å². The Bertz CT molecular complexity index is 73.5. The van der Waals surface area contributed by atoms with Crippen LogP contribution < -0.4 is 0 Å². The molecule has 0 bridgehead atoms. The SMILES string of the molecule is CC(Cl)CC[Si](C)(C)C. The average molecular weight is 165 g/mol. The van der Waals surface area contributed by atoms with Gasteiger partial charge in [0.15, 0.2) is 0 Å². The Labute approximate surface area is 64.6 Å². The second-order valence-electron chi connectivity index (χ2n) is 3.88. The van der Waals surface area contributed by atoms with Crippen molar-refractivity contribution in [3.63, 3.8) is 0 Å². The molecule has 2 heteroatoms. The molecule has 56 valence electrons. The van der Waals surface area contributed by atoms with Crippen molar-refractivity contribution in [3.05, 3.63) is 0 Å². The van der Waals surface area contributed by atoms with Gasteiger partial charge in [0.1, 0.15) is 0 Å². The van der Waals surface area contributed by atoms with Crippen LogP contribution in [-0.4, -0.2) is 13.5 Å². The van der Waals surface area contributed by atoms with E-state index < -0.39 is 8.07 Å². The van der Waals surface area contributed by atoms with Gasteiger partial charge < -0.3 is 0 Å². The quantitative estimate of drug-likeness (QED) is 0.444. The summed E-state index contributed by atoms with van der Waals surface area (Å²) in [7, 11) is -0.804. The number of alkyl halides is 1. The van der Waals surface area contributed by atoms with Crippen molar-refractivity contribution in [1.82, 2.24) is 0 Å². The van der Waals surface area contributed by atoms with Crippen LogP contribution in [0.25, 0.3) is 0 Å². The van der Waals surface area contributed by atoms with Crippen LogP contribution >= 0.6 is 11.6 Å². The predicted octanol–water partition coefficient (Wildman–Crippen LogP) is 3.34. The van der Waals surface area contributed by atoms with E-state index in [1.807, 2.05) is 0 Å². The van der Waals surface area contributed by atoms with Gasteiger partial charge in [0.2, 0.25) is 0 Å². The molecule has 0 aliphatic carbocycles. The summed E-state index contributed by atoms with van der Waals surface area (Å²) in [5.74, 6) is 0. The molecule has 0 radical (unpaired) electrons. The Morgan fingerprint density at radius 3 is 1.89 bits per heavy atom. The molecule has 0 heterocycles. The normalized spacial score (nSPS) is 15.7. The van der Waals surface area contributed by atoms with Crippen LogP contribution in [0.2, 0.25) is 25.7 Å². The molecule has 1 unspecified atom stereocenters. The molecule has 0 aromatic rings. The third-order valence-electron chi connectivity index (χ3n) is 1.29. The fourth-order valence-corrected chi connectivity index (χ4v) is 2.22. The predicted molar refractivity (Wildman–Crippen MR) is 48.1 cm³/mol. The lowest BCUT2D eigenvalue weighted by atomic mass is 10.4. The maximum Gasteiger partial charge on any atom is 0.0443 e. The van der Waals surface area contributed by atoms with Gasteiger partial charge in [0.05, 0.1) is 0 Å². The molecule has 0 fully saturated rings.